The average molecular weight is 279 g/mol. The summed E-state index contributed by atoms with van der Waals surface area (Å²) in [5, 5.41) is 14.6. The van der Waals surface area contributed by atoms with E-state index in [1.165, 1.54) is 0 Å². The van der Waals surface area contributed by atoms with Gasteiger partial charge in [-0.25, -0.2) is 4.68 Å². The van der Waals surface area contributed by atoms with Crippen LogP contribution in [-0.2, 0) is 18.6 Å². The molecule has 3 nitrogen and oxygen atoms in total. The minimum absolute atomic E-state index is 0.0831. The molecule has 0 atom stereocenters. The molecule has 1 aromatic carbocycles. The average Bonchev–Trinajstić information content (AvgIpc) is 2.67. The Kier molecular flexibility index (Phi) is 3.97. The Morgan fingerprint density at radius 1 is 1.21 bits per heavy atom. The predicted octanol–water partition coefficient (Wildman–Crippen LogP) is 3.37. The zero-order valence-corrected chi connectivity index (χ0v) is 12.3. The van der Waals surface area contributed by atoms with Crippen molar-refractivity contribution < 1.29 is 5.11 Å². The van der Waals surface area contributed by atoms with Crippen LogP contribution in [0, 0.1) is 0 Å². The smallest absolute Gasteiger partial charge is 0.133 e. The topological polar surface area (TPSA) is 38.0 Å². The van der Waals surface area contributed by atoms with Crippen molar-refractivity contribution in [2.75, 3.05) is 0 Å². The summed E-state index contributed by atoms with van der Waals surface area (Å²) in [6.07, 6.45) is 0. The normalized spacial score (nSPS) is 11.8. The predicted molar refractivity (Wildman–Crippen MR) is 77.4 cm³/mol. The Hall–Kier alpha value is -1.32. The highest BCUT2D eigenvalue weighted by Crippen LogP contribution is 2.30. The second kappa shape index (κ2) is 5.35. The molecule has 102 valence electrons. The Morgan fingerprint density at radius 2 is 1.84 bits per heavy atom. The maximum absolute atomic E-state index is 9.50. The van der Waals surface area contributed by atoms with Gasteiger partial charge in [0.05, 0.1) is 18.8 Å². The van der Waals surface area contributed by atoms with Crippen LogP contribution in [0.1, 0.15) is 37.6 Å². The second-order valence-electron chi connectivity index (χ2n) is 5.67. The number of aromatic nitrogens is 2. The summed E-state index contributed by atoms with van der Waals surface area (Å²) in [5.41, 5.74) is 2.58. The van der Waals surface area contributed by atoms with Gasteiger partial charge in [-0.15, -0.1) is 0 Å². The maximum Gasteiger partial charge on any atom is 0.133 e. The molecule has 0 saturated carbocycles. The van der Waals surface area contributed by atoms with Crippen LogP contribution >= 0.6 is 11.6 Å². The van der Waals surface area contributed by atoms with Crippen molar-refractivity contribution in [1.29, 1.82) is 0 Å². The Bertz CT molecular complexity index is 556. The molecule has 0 bridgehead atoms. The summed E-state index contributed by atoms with van der Waals surface area (Å²) in [6, 6.07) is 10.0. The molecule has 2 rings (SSSR count). The molecular formula is C15H19ClN2O. The Balaban J connectivity index is 2.40. The van der Waals surface area contributed by atoms with E-state index in [1.54, 1.807) is 4.68 Å². The lowest BCUT2D eigenvalue weighted by Crippen LogP contribution is -2.15. The molecule has 0 radical (unpaired) electrons. The summed E-state index contributed by atoms with van der Waals surface area (Å²) >= 11 is 6.33. The molecule has 1 N–H and O–H groups in total. The van der Waals surface area contributed by atoms with Gasteiger partial charge < -0.3 is 5.11 Å². The van der Waals surface area contributed by atoms with Crippen LogP contribution in [0.25, 0.3) is 0 Å². The van der Waals surface area contributed by atoms with Crippen molar-refractivity contribution in [3.8, 4) is 0 Å². The quantitative estimate of drug-likeness (QED) is 0.935. The number of benzene rings is 1. The van der Waals surface area contributed by atoms with Gasteiger partial charge in [0.2, 0.25) is 0 Å². The molecule has 0 spiro atoms. The second-order valence-corrected chi connectivity index (χ2v) is 6.03. The van der Waals surface area contributed by atoms with E-state index < -0.39 is 0 Å². The molecule has 0 aliphatic rings. The highest BCUT2D eigenvalue weighted by molar-refractivity contribution is 6.30. The van der Waals surface area contributed by atoms with Gasteiger partial charge in [-0.2, -0.15) is 5.10 Å². The van der Waals surface area contributed by atoms with Crippen LogP contribution in [-0.4, -0.2) is 14.9 Å². The Morgan fingerprint density at radius 3 is 2.32 bits per heavy atom. The first-order valence-electron chi connectivity index (χ1n) is 6.34. The fourth-order valence-corrected chi connectivity index (χ4v) is 2.33. The van der Waals surface area contributed by atoms with Gasteiger partial charge in [0.25, 0.3) is 0 Å². The largest absolute Gasteiger partial charge is 0.391 e. The zero-order chi connectivity index (χ0) is 14.0. The van der Waals surface area contributed by atoms with E-state index >= 15 is 0 Å². The minimum Gasteiger partial charge on any atom is -0.391 e. The van der Waals surface area contributed by atoms with E-state index in [0.717, 1.165) is 16.8 Å². The minimum atomic E-state index is -0.135. The van der Waals surface area contributed by atoms with E-state index in [4.69, 9.17) is 11.6 Å². The molecule has 0 amide bonds. The van der Waals surface area contributed by atoms with E-state index in [1.807, 2.05) is 30.3 Å². The summed E-state index contributed by atoms with van der Waals surface area (Å²) in [7, 11) is 0. The number of halogens is 1. The van der Waals surface area contributed by atoms with Gasteiger partial charge in [0.15, 0.2) is 0 Å². The highest BCUT2D eigenvalue weighted by atomic mass is 35.5. The third kappa shape index (κ3) is 2.99. The molecule has 19 heavy (non-hydrogen) atoms. The fraction of sp³-hybridized carbons (Fsp3) is 0.400. The first kappa shape index (κ1) is 14.1. The van der Waals surface area contributed by atoms with Gasteiger partial charge >= 0.3 is 0 Å². The zero-order valence-electron chi connectivity index (χ0n) is 11.5. The lowest BCUT2D eigenvalue weighted by Gasteiger charge is -2.16. The lowest BCUT2D eigenvalue weighted by atomic mass is 9.90. The molecule has 2 aromatic rings. The van der Waals surface area contributed by atoms with Gasteiger partial charge in [-0.1, -0.05) is 62.7 Å². The van der Waals surface area contributed by atoms with E-state index in [0.29, 0.717) is 11.7 Å². The van der Waals surface area contributed by atoms with Crippen molar-refractivity contribution in [2.24, 2.45) is 0 Å². The molecular weight excluding hydrogens is 260 g/mol. The molecule has 0 unspecified atom stereocenters. The van der Waals surface area contributed by atoms with E-state index in [-0.39, 0.29) is 12.0 Å². The highest BCUT2D eigenvalue weighted by Gasteiger charge is 2.25. The van der Waals surface area contributed by atoms with Gasteiger partial charge in [-0.05, 0) is 5.56 Å². The maximum atomic E-state index is 9.50. The number of nitrogens with zero attached hydrogens (tertiary/aromatic N) is 2. The number of hydrogen-bond acceptors (Lipinski definition) is 2. The summed E-state index contributed by atoms with van der Waals surface area (Å²) in [5.74, 6) is 0. The van der Waals surface area contributed by atoms with Crippen molar-refractivity contribution in [1.82, 2.24) is 9.78 Å². The summed E-state index contributed by atoms with van der Waals surface area (Å²) < 4.78 is 1.75. The SMILES string of the molecule is CC(C)(C)c1nn(Cc2ccccc2)c(Cl)c1CO. The van der Waals surface area contributed by atoms with Crippen LogP contribution in [0.5, 0.6) is 0 Å². The van der Waals surface area contributed by atoms with Crippen LogP contribution in [0.4, 0.5) is 0 Å². The molecule has 0 aliphatic carbocycles. The number of rotatable bonds is 3. The van der Waals surface area contributed by atoms with Crippen LogP contribution in [0.15, 0.2) is 30.3 Å². The molecule has 1 aromatic heterocycles. The summed E-state index contributed by atoms with van der Waals surface area (Å²) in [4.78, 5) is 0. The van der Waals surface area contributed by atoms with Crippen LogP contribution in [0.2, 0.25) is 5.15 Å². The molecule has 4 heteroatoms. The summed E-state index contributed by atoms with van der Waals surface area (Å²) in [6.45, 7) is 6.73. The molecule has 0 fully saturated rings. The number of aliphatic hydroxyl groups is 1. The molecule has 1 heterocycles. The monoisotopic (exact) mass is 278 g/mol. The van der Waals surface area contributed by atoms with Crippen molar-refractivity contribution >= 4 is 11.6 Å². The third-order valence-electron chi connectivity index (χ3n) is 3.03. The lowest BCUT2D eigenvalue weighted by molar-refractivity contribution is 0.278. The standard InChI is InChI=1S/C15H19ClN2O/c1-15(2,3)13-12(10-19)14(16)18(17-13)9-11-7-5-4-6-8-11/h4-8,19H,9-10H2,1-3H3. The van der Waals surface area contributed by atoms with Crippen LogP contribution in [0.3, 0.4) is 0 Å². The molecule has 0 saturated heterocycles. The fourth-order valence-electron chi connectivity index (χ4n) is 2.08. The first-order chi connectivity index (χ1) is 8.93. The third-order valence-corrected chi connectivity index (χ3v) is 3.45. The van der Waals surface area contributed by atoms with Crippen molar-refractivity contribution in [3.63, 3.8) is 0 Å². The first-order valence-corrected chi connectivity index (χ1v) is 6.71. The van der Waals surface area contributed by atoms with Gasteiger partial charge in [-0.3, -0.25) is 0 Å². The molecule has 0 aliphatic heterocycles. The van der Waals surface area contributed by atoms with E-state index in [9.17, 15) is 5.11 Å². The van der Waals surface area contributed by atoms with E-state index in [2.05, 4.69) is 25.9 Å². The van der Waals surface area contributed by atoms with Crippen molar-refractivity contribution in [3.05, 3.63) is 52.3 Å². The van der Waals surface area contributed by atoms with Gasteiger partial charge in [0, 0.05) is 11.0 Å². The van der Waals surface area contributed by atoms with Gasteiger partial charge in [0.1, 0.15) is 5.15 Å². The van der Waals surface area contributed by atoms with Crippen LogP contribution < -0.4 is 0 Å². The number of hydrogen-bond donors (Lipinski definition) is 1. The Labute approximate surface area is 118 Å². The van der Waals surface area contributed by atoms with Crippen molar-refractivity contribution in [2.45, 2.75) is 39.3 Å². The number of aliphatic hydroxyl groups excluding tert-OH is 1.